The fourth-order valence-electron chi connectivity index (χ4n) is 1.86. The molecule has 1 amide bonds. The highest BCUT2D eigenvalue weighted by molar-refractivity contribution is 5.97. The summed E-state index contributed by atoms with van der Waals surface area (Å²) in [4.78, 5) is 16.2. The van der Waals surface area contributed by atoms with Crippen LogP contribution in [0, 0.1) is 5.92 Å². The van der Waals surface area contributed by atoms with Crippen LogP contribution in [0.2, 0.25) is 0 Å². The molecule has 18 heavy (non-hydrogen) atoms. The predicted molar refractivity (Wildman–Crippen MR) is 72.7 cm³/mol. The minimum Gasteiger partial charge on any atom is -0.380 e. The van der Waals surface area contributed by atoms with Crippen molar-refractivity contribution in [1.29, 1.82) is 0 Å². The molecule has 0 atom stereocenters. The molecule has 0 radical (unpaired) electrons. The van der Waals surface area contributed by atoms with Gasteiger partial charge in [0.15, 0.2) is 5.69 Å². The minimum absolute atomic E-state index is 0.0916. The summed E-state index contributed by atoms with van der Waals surface area (Å²) in [5.41, 5.74) is 1.36. The molecule has 1 saturated carbocycles. The fraction of sp³-hybridized carbons (Fsp3) is 0.571. The first-order valence-corrected chi connectivity index (χ1v) is 6.66. The Morgan fingerprint density at radius 1 is 1.50 bits per heavy atom. The van der Waals surface area contributed by atoms with Crippen molar-refractivity contribution in [3.63, 3.8) is 0 Å². The second-order valence-electron chi connectivity index (χ2n) is 5.28. The van der Waals surface area contributed by atoms with Crippen molar-refractivity contribution in [2.24, 2.45) is 5.92 Å². The molecule has 1 aromatic heterocycles. The van der Waals surface area contributed by atoms with Crippen molar-refractivity contribution in [3.8, 4) is 0 Å². The van der Waals surface area contributed by atoms with E-state index in [0.717, 1.165) is 5.69 Å². The zero-order chi connectivity index (χ0) is 13.0. The highest BCUT2D eigenvalue weighted by Crippen LogP contribution is 2.24. The van der Waals surface area contributed by atoms with Crippen LogP contribution in [0.15, 0.2) is 18.3 Å². The Balaban J connectivity index is 2.03. The number of hydrogen-bond donors (Lipinski definition) is 2. The SMILES string of the molecule is CC(C)CNC(=O)c1ncccc1NC1CCC1. The average Bonchev–Trinajstić information content (AvgIpc) is 2.31. The third kappa shape index (κ3) is 3.22. The van der Waals surface area contributed by atoms with Gasteiger partial charge in [0.05, 0.1) is 5.69 Å². The second kappa shape index (κ2) is 5.85. The number of carbonyl (C=O) groups is 1. The minimum atomic E-state index is -0.0916. The van der Waals surface area contributed by atoms with Crippen LogP contribution < -0.4 is 10.6 Å². The zero-order valence-electron chi connectivity index (χ0n) is 11.1. The molecule has 1 aromatic rings. The monoisotopic (exact) mass is 247 g/mol. The van der Waals surface area contributed by atoms with Gasteiger partial charge in [-0.15, -0.1) is 0 Å². The van der Waals surface area contributed by atoms with Crippen LogP contribution in [-0.4, -0.2) is 23.5 Å². The lowest BCUT2D eigenvalue weighted by Gasteiger charge is -2.28. The van der Waals surface area contributed by atoms with Gasteiger partial charge in [0.25, 0.3) is 5.91 Å². The number of amides is 1. The topological polar surface area (TPSA) is 54.0 Å². The smallest absolute Gasteiger partial charge is 0.272 e. The molecule has 0 unspecified atom stereocenters. The molecular formula is C14H21N3O. The van der Waals surface area contributed by atoms with E-state index in [1.54, 1.807) is 6.20 Å². The molecule has 0 aliphatic heterocycles. The van der Waals surface area contributed by atoms with Gasteiger partial charge in [0.2, 0.25) is 0 Å². The van der Waals surface area contributed by atoms with E-state index >= 15 is 0 Å². The van der Waals surface area contributed by atoms with E-state index in [-0.39, 0.29) is 5.91 Å². The quantitative estimate of drug-likeness (QED) is 0.840. The van der Waals surface area contributed by atoms with Gasteiger partial charge in [-0.3, -0.25) is 4.79 Å². The lowest BCUT2D eigenvalue weighted by Crippen LogP contribution is -2.31. The van der Waals surface area contributed by atoms with Crippen LogP contribution in [0.5, 0.6) is 0 Å². The second-order valence-corrected chi connectivity index (χ2v) is 5.28. The molecule has 0 aromatic carbocycles. The molecule has 2 rings (SSSR count). The molecule has 1 aliphatic carbocycles. The Morgan fingerprint density at radius 3 is 2.89 bits per heavy atom. The summed E-state index contributed by atoms with van der Waals surface area (Å²) < 4.78 is 0. The standard InChI is InChI=1S/C14H21N3O/c1-10(2)9-16-14(18)13-12(7-4-8-15-13)17-11-5-3-6-11/h4,7-8,10-11,17H,3,5-6,9H2,1-2H3,(H,16,18). The first-order chi connectivity index (χ1) is 8.66. The molecule has 1 aliphatic rings. The van der Waals surface area contributed by atoms with E-state index in [1.807, 2.05) is 12.1 Å². The zero-order valence-corrected chi connectivity index (χ0v) is 11.1. The van der Waals surface area contributed by atoms with Crippen LogP contribution in [0.1, 0.15) is 43.6 Å². The largest absolute Gasteiger partial charge is 0.380 e. The summed E-state index contributed by atoms with van der Waals surface area (Å²) >= 11 is 0. The Kier molecular flexibility index (Phi) is 4.18. The molecule has 0 bridgehead atoms. The Hall–Kier alpha value is -1.58. The lowest BCUT2D eigenvalue weighted by atomic mass is 9.93. The van der Waals surface area contributed by atoms with E-state index in [0.29, 0.717) is 24.2 Å². The van der Waals surface area contributed by atoms with Crippen molar-refractivity contribution < 1.29 is 4.79 Å². The van der Waals surface area contributed by atoms with Crippen LogP contribution in [-0.2, 0) is 0 Å². The van der Waals surface area contributed by atoms with E-state index in [1.165, 1.54) is 19.3 Å². The van der Waals surface area contributed by atoms with Crippen molar-refractivity contribution in [3.05, 3.63) is 24.0 Å². The number of nitrogens with zero attached hydrogens (tertiary/aromatic N) is 1. The van der Waals surface area contributed by atoms with Gasteiger partial charge in [-0.05, 0) is 37.3 Å². The molecule has 2 N–H and O–H groups in total. The number of nitrogens with one attached hydrogen (secondary N) is 2. The highest BCUT2D eigenvalue weighted by Gasteiger charge is 2.20. The molecule has 0 saturated heterocycles. The van der Waals surface area contributed by atoms with Crippen molar-refractivity contribution in [2.45, 2.75) is 39.2 Å². The maximum atomic E-state index is 12.0. The lowest BCUT2D eigenvalue weighted by molar-refractivity contribution is 0.0945. The number of carbonyl (C=O) groups excluding carboxylic acids is 1. The summed E-state index contributed by atoms with van der Waals surface area (Å²) in [7, 11) is 0. The average molecular weight is 247 g/mol. The van der Waals surface area contributed by atoms with Crippen molar-refractivity contribution in [2.75, 3.05) is 11.9 Å². The number of rotatable bonds is 5. The van der Waals surface area contributed by atoms with Crippen LogP contribution in [0.3, 0.4) is 0 Å². The number of aromatic nitrogens is 1. The summed E-state index contributed by atoms with van der Waals surface area (Å²) in [6.07, 6.45) is 5.30. The van der Waals surface area contributed by atoms with Crippen molar-refractivity contribution in [1.82, 2.24) is 10.3 Å². The molecule has 4 nitrogen and oxygen atoms in total. The molecule has 0 spiro atoms. The van der Waals surface area contributed by atoms with Gasteiger partial charge in [0, 0.05) is 18.8 Å². The van der Waals surface area contributed by atoms with Crippen LogP contribution >= 0.6 is 0 Å². The van der Waals surface area contributed by atoms with Gasteiger partial charge in [0.1, 0.15) is 0 Å². The van der Waals surface area contributed by atoms with Gasteiger partial charge < -0.3 is 10.6 Å². The molecule has 1 fully saturated rings. The summed E-state index contributed by atoms with van der Waals surface area (Å²) in [5.74, 6) is 0.354. The third-order valence-corrected chi connectivity index (χ3v) is 3.16. The summed E-state index contributed by atoms with van der Waals surface area (Å²) in [5, 5.41) is 6.30. The summed E-state index contributed by atoms with van der Waals surface area (Å²) in [6.45, 7) is 4.83. The van der Waals surface area contributed by atoms with Gasteiger partial charge in [-0.2, -0.15) is 0 Å². The number of anilines is 1. The van der Waals surface area contributed by atoms with Gasteiger partial charge in [-0.25, -0.2) is 4.98 Å². The highest BCUT2D eigenvalue weighted by atomic mass is 16.1. The van der Waals surface area contributed by atoms with E-state index in [4.69, 9.17) is 0 Å². The number of pyridine rings is 1. The fourth-order valence-corrected chi connectivity index (χ4v) is 1.86. The van der Waals surface area contributed by atoms with E-state index < -0.39 is 0 Å². The number of hydrogen-bond acceptors (Lipinski definition) is 3. The molecule has 98 valence electrons. The maximum absolute atomic E-state index is 12.0. The Morgan fingerprint density at radius 2 is 2.28 bits per heavy atom. The normalized spacial score (nSPS) is 15.3. The predicted octanol–water partition coefficient (Wildman–Crippen LogP) is 2.43. The third-order valence-electron chi connectivity index (χ3n) is 3.16. The molecule has 4 heteroatoms. The Labute approximate surface area is 108 Å². The maximum Gasteiger partial charge on any atom is 0.272 e. The van der Waals surface area contributed by atoms with E-state index in [9.17, 15) is 4.79 Å². The molecular weight excluding hydrogens is 226 g/mol. The molecule has 1 heterocycles. The van der Waals surface area contributed by atoms with Crippen LogP contribution in [0.4, 0.5) is 5.69 Å². The first kappa shape index (κ1) is 12.9. The van der Waals surface area contributed by atoms with Crippen LogP contribution in [0.25, 0.3) is 0 Å². The Bertz CT molecular complexity index is 413. The first-order valence-electron chi connectivity index (χ1n) is 6.66. The van der Waals surface area contributed by atoms with Crippen molar-refractivity contribution >= 4 is 11.6 Å². The van der Waals surface area contributed by atoms with E-state index in [2.05, 4.69) is 29.5 Å². The van der Waals surface area contributed by atoms with Gasteiger partial charge in [-0.1, -0.05) is 13.8 Å². The van der Waals surface area contributed by atoms with Gasteiger partial charge >= 0.3 is 0 Å². The summed E-state index contributed by atoms with van der Waals surface area (Å²) in [6, 6.07) is 4.29.